The topological polar surface area (TPSA) is 75.4 Å². The summed E-state index contributed by atoms with van der Waals surface area (Å²) in [4.78, 5) is 30.3. The third kappa shape index (κ3) is 4.63. The molecule has 0 radical (unpaired) electrons. The van der Waals surface area contributed by atoms with E-state index < -0.39 is 0 Å². The second kappa shape index (κ2) is 9.71. The van der Waals surface area contributed by atoms with E-state index in [0.717, 1.165) is 54.0 Å². The zero-order valence-electron chi connectivity index (χ0n) is 20.0. The van der Waals surface area contributed by atoms with Crippen LogP contribution in [0.15, 0.2) is 53.5 Å². The molecule has 1 aliphatic heterocycles. The van der Waals surface area contributed by atoms with Gasteiger partial charge in [0.1, 0.15) is 12.1 Å². The largest absolute Gasteiger partial charge is 0.369 e. The lowest BCUT2D eigenvalue weighted by Gasteiger charge is -2.36. The monoisotopic (exact) mass is 492 g/mol. The summed E-state index contributed by atoms with van der Waals surface area (Å²) in [5.74, 6) is -0.217. The lowest BCUT2D eigenvalue weighted by Crippen LogP contribution is -2.49. The smallest absolute Gasteiger partial charge is 0.291 e. The van der Waals surface area contributed by atoms with E-state index >= 15 is 0 Å². The van der Waals surface area contributed by atoms with Crippen molar-refractivity contribution >= 4 is 45.0 Å². The Morgan fingerprint density at radius 2 is 1.86 bits per heavy atom. The van der Waals surface area contributed by atoms with Crippen LogP contribution >= 0.6 is 11.6 Å². The van der Waals surface area contributed by atoms with Gasteiger partial charge in [-0.15, -0.1) is 0 Å². The number of hydrogen-bond acceptors (Lipinski definition) is 5. The Morgan fingerprint density at radius 1 is 1.09 bits per heavy atom. The Hall–Kier alpha value is -3.36. The van der Waals surface area contributed by atoms with Crippen LogP contribution in [0, 0.1) is 6.92 Å². The molecule has 182 valence electrons. The molecule has 2 aromatic carbocycles. The fourth-order valence-corrected chi connectivity index (χ4v) is 5.07. The van der Waals surface area contributed by atoms with Gasteiger partial charge in [0.15, 0.2) is 0 Å². The molecule has 2 aromatic heterocycles. The zero-order valence-corrected chi connectivity index (χ0v) is 20.8. The van der Waals surface area contributed by atoms with Crippen LogP contribution in [-0.4, -0.2) is 64.4 Å². The van der Waals surface area contributed by atoms with Gasteiger partial charge in [0.25, 0.3) is 5.56 Å². The normalized spacial score (nSPS) is 14.7. The number of nitrogens with one attached hydrogen (secondary N) is 1. The molecule has 8 nitrogen and oxygen atoms in total. The van der Waals surface area contributed by atoms with Crippen LogP contribution in [0.4, 0.5) is 5.69 Å². The fraction of sp³-hybridized carbons (Fsp3) is 0.346. The van der Waals surface area contributed by atoms with Crippen molar-refractivity contribution in [1.82, 2.24) is 24.6 Å². The second-order valence-electron chi connectivity index (χ2n) is 9.06. The van der Waals surface area contributed by atoms with E-state index in [4.69, 9.17) is 11.6 Å². The number of aryl methyl sites for hydroxylation is 2. The van der Waals surface area contributed by atoms with Crippen molar-refractivity contribution in [1.29, 1.82) is 0 Å². The molecule has 0 bridgehead atoms. The van der Waals surface area contributed by atoms with Crippen LogP contribution in [0.1, 0.15) is 5.56 Å². The number of halogens is 1. The first-order valence-electron chi connectivity index (χ1n) is 11.9. The summed E-state index contributed by atoms with van der Waals surface area (Å²) in [5.41, 5.74) is 3.67. The van der Waals surface area contributed by atoms with Crippen molar-refractivity contribution in [2.75, 3.05) is 44.2 Å². The Labute approximate surface area is 208 Å². The lowest BCUT2D eigenvalue weighted by molar-refractivity contribution is -0.121. The average molecular weight is 493 g/mol. The molecule has 35 heavy (non-hydrogen) atoms. The van der Waals surface area contributed by atoms with Gasteiger partial charge in [0.05, 0.1) is 6.20 Å². The molecule has 1 amide bonds. The number of fused-ring (bicyclic) bond motifs is 3. The molecule has 0 spiro atoms. The first-order chi connectivity index (χ1) is 16.9. The Bertz CT molecular complexity index is 1450. The third-order valence-electron chi connectivity index (χ3n) is 6.84. The number of nitrogens with zero attached hydrogens (tertiary/aromatic N) is 5. The highest BCUT2D eigenvalue weighted by Crippen LogP contribution is 2.26. The summed E-state index contributed by atoms with van der Waals surface area (Å²) in [6, 6.07) is 13.8. The van der Waals surface area contributed by atoms with Crippen molar-refractivity contribution in [3.05, 3.63) is 69.6 Å². The number of para-hydroxylation sites is 1. The lowest BCUT2D eigenvalue weighted by atomic mass is 10.1. The molecule has 5 rings (SSSR count). The minimum atomic E-state index is -0.260. The molecule has 1 N–H and O–H groups in total. The Kier molecular flexibility index (Phi) is 6.49. The SMILES string of the molecule is Cc1ccc(Cl)cc1N1CCN(CCNC(=O)Cn2ncc3c4ccccc4n(C)c3c2=O)CC1. The van der Waals surface area contributed by atoms with E-state index in [1.807, 2.05) is 48.0 Å². The average Bonchev–Trinajstić information content (AvgIpc) is 3.15. The van der Waals surface area contributed by atoms with Gasteiger partial charge >= 0.3 is 0 Å². The number of hydrogen-bond donors (Lipinski definition) is 1. The Morgan fingerprint density at radius 3 is 2.66 bits per heavy atom. The molecule has 1 aliphatic rings. The van der Waals surface area contributed by atoms with E-state index in [1.54, 1.807) is 6.20 Å². The van der Waals surface area contributed by atoms with Gasteiger partial charge in [-0.1, -0.05) is 35.9 Å². The first-order valence-corrected chi connectivity index (χ1v) is 12.2. The molecule has 1 fully saturated rings. The minimum absolute atomic E-state index is 0.0991. The summed E-state index contributed by atoms with van der Waals surface area (Å²) in [6.45, 7) is 6.96. The number of carbonyl (C=O) groups is 1. The number of anilines is 1. The van der Waals surface area contributed by atoms with Crippen molar-refractivity contribution in [2.24, 2.45) is 7.05 Å². The summed E-state index contributed by atoms with van der Waals surface area (Å²) in [5, 5.41) is 9.74. The van der Waals surface area contributed by atoms with Crippen LogP contribution in [0.25, 0.3) is 21.8 Å². The molecule has 0 atom stereocenters. The molecule has 4 aromatic rings. The Balaban J connectivity index is 1.15. The van der Waals surface area contributed by atoms with Crippen LogP contribution in [0.5, 0.6) is 0 Å². The van der Waals surface area contributed by atoms with Crippen LogP contribution in [-0.2, 0) is 18.4 Å². The predicted molar refractivity (Wildman–Crippen MR) is 140 cm³/mol. The van der Waals surface area contributed by atoms with E-state index in [9.17, 15) is 9.59 Å². The van der Waals surface area contributed by atoms with E-state index in [1.165, 1.54) is 15.9 Å². The highest BCUT2D eigenvalue weighted by Gasteiger charge is 2.19. The molecule has 1 saturated heterocycles. The maximum Gasteiger partial charge on any atom is 0.291 e. The molecular formula is C26H29ClN6O2. The number of benzene rings is 2. The van der Waals surface area contributed by atoms with Crippen molar-refractivity contribution in [3.63, 3.8) is 0 Å². The third-order valence-corrected chi connectivity index (χ3v) is 7.07. The number of aromatic nitrogens is 3. The van der Waals surface area contributed by atoms with E-state index in [-0.39, 0.29) is 18.0 Å². The number of carbonyl (C=O) groups excluding carboxylic acids is 1. The van der Waals surface area contributed by atoms with Crippen LogP contribution in [0.3, 0.4) is 0 Å². The van der Waals surface area contributed by atoms with Gasteiger partial charge in [-0.3, -0.25) is 14.5 Å². The first kappa shape index (κ1) is 23.4. The highest BCUT2D eigenvalue weighted by atomic mass is 35.5. The zero-order chi connectivity index (χ0) is 24.5. The van der Waals surface area contributed by atoms with Crippen LogP contribution in [0.2, 0.25) is 5.02 Å². The molecule has 0 aliphatic carbocycles. The number of rotatable bonds is 6. The van der Waals surface area contributed by atoms with Gasteiger partial charge in [-0.2, -0.15) is 5.10 Å². The molecule has 9 heteroatoms. The van der Waals surface area contributed by atoms with Gasteiger partial charge in [0, 0.05) is 73.3 Å². The quantitative estimate of drug-likeness (QED) is 0.448. The molecule has 0 unspecified atom stereocenters. The van der Waals surface area contributed by atoms with Crippen molar-refractivity contribution in [2.45, 2.75) is 13.5 Å². The van der Waals surface area contributed by atoms with Gasteiger partial charge in [-0.25, -0.2) is 4.68 Å². The summed E-state index contributed by atoms with van der Waals surface area (Å²) < 4.78 is 3.11. The maximum atomic E-state index is 13.0. The predicted octanol–water partition coefficient (Wildman–Crippen LogP) is 2.79. The fourth-order valence-electron chi connectivity index (χ4n) is 4.91. The highest BCUT2D eigenvalue weighted by molar-refractivity contribution is 6.30. The van der Waals surface area contributed by atoms with Crippen molar-refractivity contribution in [3.8, 4) is 0 Å². The summed E-state index contributed by atoms with van der Waals surface area (Å²) in [7, 11) is 1.87. The number of piperazine rings is 1. The van der Waals surface area contributed by atoms with Gasteiger partial charge < -0.3 is 14.8 Å². The molecule has 0 saturated carbocycles. The van der Waals surface area contributed by atoms with Gasteiger partial charge in [-0.05, 0) is 30.7 Å². The summed E-state index contributed by atoms with van der Waals surface area (Å²) >= 11 is 6.18. The van der Waals surface area contributed by atoms with Gasteiger partial charge in [0.2, 0.25) is 5.91 Å². The van der Waals surface area contributed by atoms with Crippen molar-refractivity contribution < 1.29 is 4.79 Å². The van der Waals surface area contributed by atoms with E-state index in [0.29, 0.717) is 12.1 Å². The molecular weight excluding hydrogens is 464 g/mol. The van der Waals surface area contributed by atoms with E-state index in [2.05, 4.69) is 33.2 Å². The van der Waals surface area contributed by atoms with Crippen LogP contribution < -0.4 is 15.8 Å². The minimum Gasteiger partial charge on any atom is -0.369 e. The molecule has 3 heterocycles. The maximum absolute atomic E-state index is 13.0. The number of amides is 1. The second-order valence-corrected chi connectivity index (χ2v) is 9.49. The standard InChI is InChI=1S/C26H29ClN6O2/c1-18-7-8-19(27)15-23(18)32-13-11-31(12-14-32)10-9-28-24(34)17-33-26(35)25-21(16-29-33)20-5-3-4-6-22(20)30(25)2/h3-8,15-16H,9-14,17H2,1-2H3,(H,28,34). The summed E-state index contributed by atoms with van der Waals surface area (Å²) in [6.07, 6.45) is 1.67.